The van der Waals surface area contributed by atoms with Crippen molar-refractivity contribution in [1.29, 1.82) is 0 Å². The maximum Gasteiger partial charge on any atom is 0.141 e. The van der Waals surface area contributed by atoms with Crippen molar-refractivity contribution in [2.24, 2.45) is 0 Å². The molecule has 0 aliphatic carbocycles. The van der Waals surface area contributed by atoms with E-state index in [9.17, 15) is 0 Å². The Bertz CT molecular complexity index is 815. The number of nitrogen functional groups attached to an aromatic ring is 1. The fraction of sp³-hybridized carbons (Fsp3) is 0.250. The van der Waals surface area contributed by atoms with Crippen molar-refractivity contribution in [1.82, 2.24) is 14.5 Å². The molecule has 0 saturated carbocycles. The molecule has 0 aliphatic heterocycles. The summed E-state index contributed by atoms with van der Waals surface area (Å²) in [6.07, 6.45) is 3.60. The predicted molar refractivity (Wildman–Crippen MR) is 90.1 cm³/mol. The van der Waals surface area contributed by atoms with E-state index in [-0.39, 0.29) is 5.54 Å². The molecule has 0 aliphatic rings. The van der Waals surface area contributed by atoms with Gasteiger partial charge >= 0.3 is 0 Å². The molecule has 3 aromatic rings. The summed E-state index contributed by atoms with van der Waals surface area (Å²) in [5.41, 5.74) is 9.53. The van der Waals surface area contributed by atoms with Gasteiger partial charge in [-0.05, 0) is 61.0 Å². The van der Waals surface area contributed by atoms with Gasteiger partial charge in [-0.15, -0.1) is 0 Å². The Hall–Kier alpha value is -1.88. The number of imidazole rings is 1. The number of benzene rings is 1. The summed E-state index contributed by atoms with van der Waals surface area (Å²) < 4.78 is 3.12. The summed E-state index contributed by atoms with van der Waals surface area (Å²) in [6.45, 7) is 6.51. The minimum Gasteiger partial charge on any atom is -0.398 e. The third-order valence-electron chi connectivity index (χ3n) is 3.39. The molecular formula is C16H17BrN4. The zero-order valence-electron chi connectivity index (χ0n) is 12.3. The van der Waals surface area contributed by atoms with Crippen molar-refractivity contribution in [2.75, 3.05) is 5.73 Å². The molecule has 5 heteroatoms. The molecule has 0 spiro atoms. The number of nitrogens with zero attached hydrogens (tertiary/aromatic N) is 3. The highest BCUT2D eigenvalue weighted by molar-refractivity contribution is 9.10. The highest BCUT2D eigenvalue weighted by atomic mass is 79.9. The number of pyridine rings is 1. The van der Waals surface area contributed by atoms with E-state index in [1.54, 1.807) is 12.4 Å². The van der Waals surface area contributed by atoms with Crippen LogP contribution in [0.5, 0.6) is 0 Å². The molecule has 0 saturated heterocycles. The Labute approximate surface area is 132 Å². The average molecular weight is 345 g/mol. The second-order valence-electron chi connectivity index (χ2n) is 6.04. The van der Waals surface area contributed by atoms with E-state index in [0.717, 1.165) is 32.6 Å². The van der Waals surface area contributed by atoms with Gasteiger partial charge in [0.2, 0.25) is 0 Å². The van der Waals surface area contributed by atoms with E-state index in [1.165, 1.54) is 0 Å². The van der Waals surface area contributed by atoms with Gasteiger partial charge in [-0.1, -0.05) is 0 Å². The molecule has 0 unspecified atom stereocenters. The molecule has 4 nitrogen and oxygen atoms in total. The molecule has 2 aromatic heterocycles. The van der Waals surface area contributed by atoms with E-state index >= 15 is 0 Å². The van der Waals surface area contributed by atoms with Crippen molar-refractivity contribution >= 4 is 32.7 Å². The van der Waals surface area contributed by atoms with E-state index in [4.69, 9.17) is 10.7 Å². The van der Waals surface area contributed by atoms with Gasteiger partial charge in [0, 0.05) is 27.5 Å². The predicted octanol–water partition coefficient (Wildman–Crippen LogP) is 4.20. The van der Waals surface area contributed by atoms with E-state index < -0.39 is 0 Å². The second kappa shape index (κ2) is 4.84. The van der Waals surface area contributed by atoms with Crippen LogP contribution in [-0.4, -0.2) is 14.5 Å². The number of fused-ring (bicyclic) bond motifs is 1. The van der Waals surface area contributed by atoms with Gasteiger partial charge < -0.3 is 10.3 Å². The van der Waals surface area contributed by atoms with Gasteiger partial charge in [0.25, 0.3) is 0 Å². The third kappa shape index (κ3) is 2.42. The van der Waals surface area contributed by atoms with Crippen LogP contribution >= 0.6 is 15.9 Å². The Balaban J connectivity index is 2.33. The van der Waals surface area contributed by atoms with Crippen LogP contribution in [0.4, 0.5) is 5.69 Å². The van der Waals surface area contributed by atoms with Gasteiger partial charge in [-0.2, -0.15) is 0 Å². The van der Waals surface area contributed by atoms with E-state index in [1.807, 2.05) is 24.3 Å². The molecule has 2 N–H and O–H groups in total. The van der Waals surface area contributed by atoms with Crippen LogP contribution < -0.4 is 5.73 Å². The fourth-order valence-corrected chi connectivity index (χ4v) is 2.85. The molecule has 0 radical (unpaired) electrons. The van der Waals surface area contributed by atoms with Gasteiger partial charge in [0.15, 0.2) is 0 Å². The zero-order chi connectivity index (χ0) is 15.2. The Morgan fingerprint density at radius 3 is 2.62 bits per heavy atom. The maximum atomic E-state index is 5.88. The smallest absolute Gasteiger partial charge is 0.141 e. The summed E-state index contributed by atoms with van der Waals surface area (Å²) in [5, 5.41) is 0. The number of hydrogen-bond donors (Lipinski definition) is 1. The molecule has 3 rings (SSSR count). The van der Waals surface area contributed by atoms with Gasteiger partial charge in [0.05, 0.1) is 11.7 Å². The first-order valence-corrected chi connectivity index (χ1v) is 7.55. The lowest BCUT2D eigenvalue weighted by Gasteiger charge is -2.24. The summed E-state index contributed by atoms with van der Waals surface area (Å²) >= 11 is 3.49. The fourth-order valence-electron chi connectivity index (χ4n) is 2.47. The number of nitrogens with two attached hydrogens (primary N) is 1. The van der Waals surface area contributed by atoms with Gasteiger partial charge in [0.1, 0.15) is 11.3 Å². The lowest BCUT2D eigenvalue weighted by molar-refractivity contribution is 0.413. The van der Waals surface area contributed by atoms with Gasteiger partial charge in [-0.3, -0.25) is 4.98 Å². The first kappa shape index (κ1) is 14.1. The summed E-state index contributed by atoms with van der Waals surface area (Å²) in [7, 11) is 0. The first-order valence-electron chi connectivity index (χ1n) is 6.76. The Morgan fingerprint density at radius 1 is 1.19 bits per heavy atom. The zero-order valence-corrected chi connectivity index (χ0v) is 13.8. The molecule has 1 aromatic carbocycles. The molecule has 0 fully saturated rings. The number of halogens is 1. The largest absolute Gasteiger partial charge is 0.398 e. The number of hydrogen-bond acceptors (Lipinski definition) is 3. The standard InChI is InChI=1S/C16H17BrN4/c1-16(2,3)21-14-6-7-19-9-13(14)20-15(21)10-4-5-12(18)11(17)8-10/h4-9H,18H2,1-3H3. The van der Waals surface area contributed by atoms with Crippen molar-refractivity contribution in [3.63, 3.8) is 0 Å². The highest BCUT2D eigenvalue weighted by Crippen LogP contribution is 2.33. The van der Waals surface area contributed by atoms with Crippen molar-refractivity contribution in [3.8, 4) is 11.4 Å². The average Bonchev–Trinajstić information content (AvgIpc) is 2.81. The molecule has 108 valence electrons. The molecule has 0 bridgehead atoms. The Kier molecular flexibility index (Phi) is 3.24. The molecule has 0 atom stereocenters. The van der Waals surface area contributed by atoms with Gasteiger partial charge in [-0.25, -0.2) is 4.98 Å². The number of aromatic nitrogens is 3. The first-order chi connectivity index (χ1) is 9.88. The number of rotatable bonds is 1. The summed E-state index contributed by atoms with van der Waals surface area (Å²) in [6, 6.07) is 7.90. The SMILES string of the molecule is CC(C)(C)n1c(-c2ccc(N)c(Br)c2)nc2cnccc21. The molecule has 21 heavy (non-hydrogen) atoms. The van der Waals surface area contributed by atoms with Crippen LogP contribution in [0, 0.1) is 0 Å². The summed E-state index contributed by atoms with van der Waals surface area (Å²) in [4.78, 5) is 8.93. The summed E-state index contributed by atoms with van der Waals surface area (Å²) in [5.74, 6) is 0.922. The quantitative estimate of drug-likeness (QED) is 0.673. The van der Waals surface area contributed by atoms with E-state index in [2.05, 4.69) is 46.3 Å². The molecular weight excluding hydrogens is 328 g/mol. The lowest BCUT2D eigenvalue weighted by Crippen LogP contribution is -2.22. The van der Waals surface area contributed by atoms with Crippen LogP contribution in [0.2, 0.25) is 0 Å². The van der Waals surface area contributed by atoms with Crippen molar-refractivity contribution in [3.05, 3.63) is 41.1 Å². The Morgan fingerprint density at radius 2 is 1.95 bits per heavy atom. The molecule has 2 heterocycles. The van der Waals surface area contributed by atoms with Crippen LogP contribution in [0.15, 0.2) is 41.1 Å². The minimum absolute atomic E-state index is 0.0840. The number of anilines is 1. The second-order valence-corrected chi connectivity index (χ2v) is 6.90. The van der Waals surface area contributed by atoms with Crippen LogP contribution in [0.1, 0.15) is 20.8 Å². The third-order valence-corrected chi connectivity index (χ3v) is 4.07. The van der Waals surface area contributed by atoms with Crippen LogP contribution in [0.25, 0.3) is 22.4 Å². The van der Waals surface area contributed by atoms with Crippen LogP contribution in [-0.2, 0) is 5.54 Å². The van der Waals surface area contributed by atoms with Crippen molar-refractivity contribution in [2.45, 2.75) is 26.3 Å². The monoisotopic (exact) mass is 344 g/mol. The van der Waals surface area contributed by atoms with E-state index in [0.29, 0.717) is 0 Å². The lowest BCUT2D eigenvalue weighted by atomic mass is 10.1. The topological polar surface area (TPSA) is 56.7 Å². The maximum absolute atomic E-state index is 5.88. The normalized spacial score (nSPS) is 12.0. The van der Waals surface area contributed by atoms with Crippen molar-refractivity contribution < 1.29 is 0 Å². The highest BCUT2D eigenvalue weighted by Gasteiger charge is 2.22. The van der Waals surface area contributed by atoms with Crippen LogP contribution in [0.3, 0.4) is 0 Å². The minimum atomic E-state index is -0.0840. The molecule has 0 amide bonds.